The molecule has 1 fully saturated rings. The Morgan fingerprint density at radius 2 is 1.69 bits per heavy atom. The predicted molar refractivity (Wildman–Crippen MR) is 115 cm³/mol. The molecule has 0 radical (unpaired) electrons. The van der Waals surface area contributed by atoms with E-state index in [4.69, 9.17) is 38.4 Å². The Hall–Kier alpha value is -1.66. The first kappa shape index (κ1) is 25.0. The summed E-state index contributed by atoms with van der Waals surface area (Å²) in [6.07, 6.45) is -1.82. The van der Waals surface area contributed by atoms with Crippen LogP contribution in [0.3, 0.4) is 0 Å². The molecule has 1 aliphatic rings. The Balaban J connectivity index is 1.72. The van der Waals surface area contributed by atoms with Gasteiger partial charge < -0.3 is 30.7 Å². The minimum absolute atomic E-state index is 0.0564. The molecule has 3 unspecified atom stereocenters. The molecule has 2 aromatic carbocycles. The standard InChI is InChI=1S/C20H19Cl2F3N2O4S/c21-10-3-11(22)5-12(4-10)32-20-16(30-19(29)17(8-28)31-20)7-27-6-15(26)9-1-13(23)18(25)14(24)2-9/h1-6,16-17,19-20,27-29H,7-8,26H2/b15-6-/t16-,17?,19?,20?/m0/s1. The van der Waals surface area contributed by atoms with Crippen LogP contribution in [-0.4, -0.2) is 47.3 Å². The number of rotatable bonds is 7. The van der Waals surface area contributed by atoms with Crippen molar-refractivity contribution in [2.24, 2.45) is 5.73 Å². The average molecular weight is 511 g/mol. The predicted octanol–water partition coefficient (Wildman–Crippen LogP) is 3.47. The smallest absolute Gasteiger partial charge is 0.194 e. The van der Waals surface area contributed by atoms with Gasteiger partial charge in [0, 0.05) is 33.2 Å². The lowest BCUT2D eigenvalue weighted by Crippen LogP contribution is -2.52. The number of benzene rings is 2. The van der Waals surface area contributed by atoms with Crippen LogP contribution < -0.4 is 11.1 Å². The zero-order valence-corrected chi connectivity index (χ0v) is 18.6. The second-order valence-electron chi connectivity index (χ2n) is 6.78. The minimum atomic E-state index is -1.59. The number of hydrogen-bond acceptors (Lipinski definition) is 7. The Bertz CT molecular complexity index is 958. The van der Waals surface area contributed by atoms with Gasteiger partial charge in [0.1, 0.15) is 17.6 Å². The van der Waals surface area contributed by atoms with Crippen molar-refractivity contribution in [3.05, 3.63) is 69.6 Å². The quantitative estimate of drug-likeness (QED) is 0.423. The lowest BCUT2D eigenvalue weighted by molar-refractivity contribution is -0.270. The van der Waals surface area contributed by atoms with E-state index in [1.54, 1.807) is 18.2 Å². The summed E-state index contributed by atoms with van der Waals surface area (Å²) in [4.78, 5) is 0.668. The topological polar surface area (TPSA) is 97.0 Å². The first-order valence-electron chi connectivity index (χ1n) is 9.24. The maximum atomic E-state index is 13.4. The van der Waals surface area contributed by atoms with Gasteiger partial charge in [0.15, 0.2) is 23.7 Å². The normalized spacial score (nSPS) is 23.9. The highest BCUT2D eigenvalue weighted by atomic mass is 35.5. The molecule has 0 amide bonds. The van der Waals surface area contributed by atoms with Crippen molar-refractivity contribution in [3.63, 3.8) is 0 Å². The van der Waals surface area contributed by atoms with E-state index in [9.17, 15) is 23.4 Å². The van der Waals surface area contributed by atoms with E-state index in [1.165, 1.54) is 18.0 Å². The maximum Gasteiger partial charge on any atom is 0.194 e. The zero-order valence-electron chi connectivity index (χ0n) is 16.3. The van der Waals surface area contributed by atoms with Crippen LogP contribution in [0.5, 0.6) is 0 Å². The molecule has 1 heterocycles. The summed E-state index contributed by atoms with van der Waals surface area (Å²) in [5.74, 6) is -4.32. The van der Waals surface area contributed by atoms with Gasteiger partial charge in [0.25, 0.3) is 0 Å². The maximum absolute atomic E-state index is 13.4. The number of aliphatic hydroxyl groups excluding tert-OH is 2. The van der Waals surface area contributed by atoms with Crippen LogP contribution >= 0.6 is 35.0 Å². The van der Waals surface area contributed by atoms with Crippen LogP contribution in [0.1, 0.15) is 5.56 Å². The molecule has 6 nitrogen and oxygen atoms in total. The third-order valence-corrected chi connectivity index (χ3v) is 6.00. The molecule has 1 saturated heterocycles. The van der Waals surface area contributed by atoms with Crippen LogP contribution in [0.25, 0.3) is 5.70 Å². The fraction of sp³-hybridized carbons (Fsp3) is 0.300. The van der Waals surface area contributed by atoms with Crippen molar-refractivity contribution >= 4 is 40.7 Å². The average Bonchev–Trinajstić information content (AvgIpc) is 2.72. The highest BCUT2D eigenvalue weighted by Gasteiger charge is 2.38. The Morgan fingerprint density at radius 3 is 2.28 bits per heavy atom. The van der Waals surface area contributed by atoms with E-state index in [0.717, 1.165) is 12.1 Å². The largest absolute Gasteiger partial charge is 0.397 e. The van der Waals surface area contributed by atoms with Crippen molar-refractivity contribution in [3.8, 4) is 0 Å². The van der Waals surface area contributed by atoms with Gasteiger partial charge in [-0.15, -0.1) is 0 Å². The third-order valence-electron chi connectivity index (χ3n) is 4.41. The third kappa shape index (κ3) is 6.22. The van der Waals surface area contributed by atoms with E-state index < -0.39 is 48.0 Å². The molecule has 0 aliphatic carbocycles. The molecule has 0 bridgehead atoms. The summed E-state index contributed by atoms with van der Waals surface area (Å²) < 4.78 is 51.3. The molecule has 12 heteroatoms. The lowest BCUT2D eigenvalue weighted by Gasteiger charge is -2.38. The molecule has 0 saturated carbocycles. The fourth-order valence-corrected chi connectivity index (χ4v) is 4.68. The molecule has 1 aliphatic heterocycles. The summed E-state index contributed by atoms with van der Waals surface area (Å²) in [6, 6.07) is 6.44. The number of hydrogen-bond donors (Lipinski definition) is 4. The van der Waals surface area contributed by atoms with Crippen molar-refractivity contribution < 1.29 is 32.9 Å². The zero-order chi connectivity index (χ0) is 23.4. The van der Waals surface area contributed by atoms with E-state index in [2.05, 4.69) is 5.32 Å². The van der Waals surface area contributed by atoms with Crippen molar-refractivity contribution in [2.75, 3.05) is 13.2 Å². The SMILES string of the molecule is N/C(=C\NC[C@@H]1OC(O)C(CO)OC1Sc1cc(Cl)cc(Cl)c1)c1cc(F)c(F)c(F)c1. The van der Waals surface area contributed by atoms with Gasteiger partial charge in [-0.3, -0.25) is 0 Å². The fourth-order valence-electron chi connectivity index (χ4n) is 2.86. The Morgan fingerprint density at radius 1 is 1.06 bits per heavy atom. The summed E-state index contributed by atoms with van der Waals surface area (Å²) in [6.45, 7) is -0.406. The molecule has 4 atom stereocenters. The number of aliphatic hydroxyl groups is 2. The molecule has 32 heavy (non-hydrogen) atoms. The molecular formula is C20H19Cl2F3N2O4S. The molecule has 0 spiro atoms. The Kier molecular flexibility index (Phi) is 8.56. The number of halogens is 5. The Labute approximate surface area is 196 Å². The van der Waals surface area contributed by atoms with Crippen molar-refractivity contribution in [2.45, 2.75) is 28.8 Å². The van der Waals surface area contributed by atoms with Crippen LogP contribution in [0, 0.1) is 17.5 Å². The lowest BCUT2D eigenvalue weighted by atomic mass is 10.1. The van der Waals surface area contributed by atoms with Gasteiger partial charge in [0.2, 0.25) is 0 Å². The number of thioether (sulfide) groups is 1. The van der Waals surface area contributed by atoms with Gasteiger partial charge in [-0.1, -0.05) is 35.0 Å². The van der Waals surface area contributed by atoms with Crippen LogP contribution in [0.15, 0.2) is 41.4 Å². The van der Waals surface area contributed by atoms with E-state index in [0.29, 0.717) is 14.9 Å². The summed E-state index contributed by atoms with van der Waals surface area (Å²) in [5, 5.41) is 23.1. The first-order chi connectivity index (χ1) is 15.2. The monoisotopic (exact) mass is 510 g/mol. The second-order valence-corrected chi connectivity index (χ2v) is 8.82. The molecular weight excluding hydrogens is 492 g/mol. The molecule has 2 aromatic rings. The molecule has 3 rings (SSSR count). The second kappa shape index (κ2) is 11.0. The molecule has 174 valence electrons. The number of nitrogens with two attached hydrogens (primary N) is 1. The van der Waals surface area contributed by atoms with Gasteiger partial charge in [-0.05, 0) is 30.3 Å². The van der Waals surface area contributed by atoms with E-state index in [-0.39, 0.29) is 17.8 Å². The molecule has 5 N–H and O–H groups in total. The van der Waals surface area contributed by atoms with Crippen LogP contribution in [-0.2, 0) is 9.47 Å². The summed E-state index contributed by atoms with van der Waals surface area (Å²) >= 11 is 13.3. The van der Waals surface area contributed by atoms with E-state index in [1.807, 2.05) is 0 Å². The number of ether oxygens (including phenoxy) is 2. The van der Waals surface area contributed by atoms with E-state index >= 15 is 0 Å². The first-order valence-corrected chi connectivity index (χ1v) is 10.9. The van der Waals surface area contributed by atoms with Gasteiger partial charge in [-0.25, -0.2) is 13.2 Å². The van der Waals surface area contributed by atoms with Crippen molar-refractivity contribution in [1.29, 1.82) is 0 Å². The minimum Gasteiger partial charge on any atom is -0.397 e. The summed E-state index contributed by atoms with van der Waals surface area (Å²) in [5.41, 5.74) is 5.01. The van der Waals surface area contributed by atoms with Gasteiger partial charge >= 0.3 is 0 Å². The highest BCUT2D eigenvalue weighted by Crippen LogP contribution is 2.35. The highest BCUT2D eigenvalue weighted by molar-refractivity contribution is 7.99. The van der Waals surface area contributed by atoms with Crippen molar-refractivity contribution in [1.82, 2.24) is 5.32 Å². The summed E-state index contributed by atoms with van der Waals surface area (Å²) in [7, 11) is 0. The van der Waals surface area contributed by atoms with Crippen LogP contribution in [0.4, 0.5) is 13.2 Å². The van der Waals surface area contributed by atoms with Gasteiger partial charge in [-0.2, -0.15) is 0 Å². The number of nitrogens with one attached hydrogen (secondary N) is 1. The van der Waals surface area contributed by atoms with Gasteiger partial charge in [0.05, 0.1) is 12.3 Å². The molecule has 0 aromatic heterocycles. The van der Waals surface area contributed by atoms with Crippen LogP contribution in [0.2, 0.25) is 10.0 Å².